The minimum Gasteiger partial charge on any atom is -0.381 e. The Morgan fingerprint density at radius 3 is 2.40 bits per heavy atom. The van der Waals surface area contributed by atoms with Crippen molar-refractivity contribution in [3.05, 3.63) is 54.4 Å². The number of amides is 1. The fourth-order valence-electron chi connectivity index (χ4n) is 2.40. The first-order chi connectivity index (χ1) is 9.83. The van der Waals surface area contributed by atoms with Gasteiger partial charge in [-0.2, -0.15) is 0 Å². The smallest absolute Gasteiger partial charge is 0.251 e. The Bertz CT molecular complexity index is 555. The predicted octanol–water partition coefficient (Wildman–Crippen LogP) is 2.39. The van der Waals surface area contributed by atoms with Crippen LogP contribution in [0.5, 0.6) is 0 Å². The Hall–Kier alpha value is -2.07. The summed E-state index contributed by atoms with van der Waals surface area (Å²) in [7, 11) is 0. The zero-order valence-corrected chi connectivity index (χ0v) is 11.3. The minimum absolute atomic E-state index is 0.00374. The molecule has 20 heavy (non-hydrogen) atoms. The summed E-state index contributed by atoms with van der Waals surface area (Å²) in [6.07, 6.45) is 5.76. The molecule has 1 aromatic carbocycles. The van der Waals surface area contributed by atoms with Crippen LogP contribution in [0.1, 0.15) is 23.2 Å². The summed E-state index contributed by atoms with van der Waals surface area (Å²) >= 11 is 0. The van der Waals surface area contributed by atoms with Crippen molar-refractivity contribution in [1.82, 2.24) is 9.88 Å². The molecular formula is C16H18N2O2. The molecule has 0 saturated carbocycles. The van der Waals surface area contributed by atoms with Crippen molar-refractivity contribution in [3.63, 3.8) is 0 Å². The lowest BCUT2D eigenvalue weighted by atomic mass is 10.1. The Morgan fingerprint density at radius 2 is 1.75 bits per heavy atom. The van der Waals surface area contributed by atoms with Crippen molar-refractivity contribution < 1.29 is 9.53 Å². The Kier molecular flexibility index (Phi) is 3.83. The second-order valence-electron chi connectivity index (χ2n) is 5.00. The summed E-state index contributed by atoms with van der Waals surface area (Å²) in [5.74, 6) is -0.00374. The highest BCUT2D eigenvalue weighted by Gasteiger charge is 2.16. The molecule has 2 aromatic rings. The Balaban J connectivity index is 1.66. The largest absolute Gasteiger partial charge is 0.381 e. The van der Waals surface area contributed by atoms with Crippen molar-refractivity contribution >= 4 is 5.91 Å². The number of carbonyl (C=O) groups is 1. The van der Waals surface area contributed by atoms with Gasteiger partial charge in [-0.15, -0.1) is 0 Å². The fraction of sp³-hybridized carbons (Fsp3) is 0.312. The van der Waals surface area contributed by atoms with Crippen LogP contribution in [-0.2, 0) is 4.74 Å². The van der Waals surface area contributed by atoms with E-state index in [2.05, 4.69) is 5.32 Å². The summed E-state index contributed by atoms with van der Waals surface area (Å²) in [5, 5.41) is 3.06. The normalized spacial score (nSPS) is 16.0. The first kappa shape index (κ1) is 12.9. The number of benzene rings is 1. The summed E-state index contributed by atoms with van der Waals surface area (Å²) in [6.45, 7) is 1.47. The second-order valence-corrected chi connectivity index (χ2v) is 5.00. The number of hydrogen-bond donors (Lipinski definition) is 1. The van der Waals surface area contributed by atoms with Crippen molar-refractivity contribution in [2.24, 2.45) is 0 Å². The van der Waals surface area contributed by atoms with Gasteiger partial charge < -0.3 is 14.6 Å². The first-order valence-electron chi connectivity index (χ1n) is 6.95. The maximum Gasteiger partial charge on any atom is 0.251 e. The van der Waals surface area contributed by atoms with E-state index < -0.39 is 0 Å². The van der Waals surface area contributed by atoms with Gasteiger partial charge in [0.1, 0.15) is 0 Å². The monoisotopic (exact) mass is 270 g/mol. The van der Waals surface area contributed by atoms with Crippen molar-refractivity contribution in [2.45, 2.75) is 18.9 Å². The van der Waals surface area contributed by atoms with Crippen LogP contribution in [0.4, 0.5) is 0 Å². The van der Waals surface area contributed by atoms with Gasteiger partial charge in [-0.05, 0) is 49.2 Å². The van der Waals surface area contributed by atoms with Gasteiger partial charge in [0.15, 0.2) is 0 Å². The number of nitrogens with one attached hydrogen (secondary N) is 1. The van der Waals surface area contributed by atoms with Gasteiger partial charge >= 0.3 is 0 Å². The van der Waals surface area contributed by atoms with Crippen LogP contribution in [0, 0.1) is 0 Å². The van der Waals surface area contributed by atoms with Crippen LogP contribution in [0.25, 0.3) is 5.69 Å². The van der Waals surface area contributed by atoms with Gasteiger partial charge in [-0.1, -0.05) is 0 Å². The van der Waals surface area contributed by atoms with E-state index in [0.717, 1.165) is 31.7 Å². The summed E-state index contributed by atoms with van der Waals surface area (Å²) < 4.78 is 7.30. The van der Waals surface area contributed by atoms with Crippen LogP contribution in [-0.4, -0.2) is 29.7 Å². The van der Waals surface area contributed by atoms with E-state index in [4.69, 9.17) is 4.74 Å². The highest BCUT2D eigenvalue weighted by molar-refractivity contribution is 5.94. The highest BCUT2D eigenvalue weighted by Crippen LogP contribution is 2.12. The number of ether oxygens (including phenoxy) is 1. The number of aromatic nitrogens is 1. The van der Waals surface area contributed by atoms with Crippen molar-refractivity contribution in [1.29, 1.82) is 0 Å². The topological polar surface area (TPSA) is 43.3 Å². The van der Waals surface area contributed by atoms with Gasteiger partial charge in [0.2, 0.25) is 0 Å². The van der Waals surface area contributed by atoms with Crippen LogP contribution in [0.2, 0.25) is 0 Å². The molecule has 1 N–H and O–H groups in total. The molecule has 2 heterocycles. The van der Waals surface area contributed by atoms with E-state index in [9.17, 15) is 4.79 Å². The quantitative estimate of drug-likeness (QED) is 0.930. The maximum absolute atomic E-state index is 12.2. The van der Waals surface area contributed by atoms with E-state index in [1.807, 2.05) is 53.4 Å². The SMILES string of the molecule is O=C(NC1CCOCC1)c1ccc(-n2cccc2)cc1. The third kappa shape index (κ3) is 2.91. The molecule has 1 fully saturated rings. The lowest BCUT2D eigenvalue weighted by Crippen LogP contribution is -2.38. The summed E-state index contributed by atoms with van der Waals surface area (Å²) in [6, 6.07) is 11.8. The predicted molar refractivity (Wildman–Crippen MR) is 77.1 cm³/mol. The zero-order chi connectivity index (χ0) is 13.8. The molecule has 3 rings (SSSR count). The molecule has 104 valence electrons. The standard InChI is InChI=1S/C16H18N2O2/c19-16(17-14-7-11-20-12-8-14)13-3-5-15(6-4-13)18-9-1-2-10-18/h1-6,9-10,14H,7-8,11-12H2,(H,17,19). The van der Waals surface area contributed by atoms with Crippen molar-refractivity contribution in [2.75, 3.05) is 13.2 Å². The third-order valence-corrected chi connectivity index (χ3v) is 3.59. The molecule has 0 aliphatic carbocycles. The van der Waals surface area contributed by atoms with E-state index in [1.54, 1.807) is 0 Å². The lowest BCUT2D eigenvalue weighted by Gasteiger charge is -2.23. The van der Waals surface area contributed by atoms with E-state index in [0.29, 0.717) is 5.56 Å². The molecular weight excluding hydrogens is 252 g/mol. The van der Waals surface area contributed by atoms with Gasteiger partial charge in [0.05, 0.1) is 0 Å². The average molecular weight is 270 g/mol. The minimum atomic E-state index is -0.00374. The molecule has 1 aliphatic rings. The molecule has 4 nitrogen and oxygen atoms in total. The van der Waals surface area contributed by atoms with Crippen molar-refractivity contribution in [3.8, 4) is 5.69 Å². The number of rotatable bonds is 3. The highest BCUT2D eigenvalue weighted by atomic mass is 16.5. The molecule has 0 spiro atoms. The van der Waals surface area contributed by atoms with Crippen LogP contribution < -0.4 is 5.32 Å². The molecule has 0 unspecified atom stereocenters. The zero-order valence-electron chi connectivity index (χ0n) is 11.3. The van der Waals surface area contributed by atoms with Crippen LogP contribution >= 0.6 is 0 Å². The average Bonchev–Trinajstić information content (AvgIpc) is 3.03. The molecule has 1 amide bonds. The second kappa shape index (κ2) is 5.92. The van der Waals surface area contributed by atoms with Crippen LogP contribution in [0.15, 0.2) is 48.8 Å². The van der Waals surface area contributed by atoms with Gasteiger partial charge in [-0.25, -0.2) is 0 Å². The molecule has 1 aliphatic heterocycles. The number of hydrogen-bond acceptors (Lipinski definition) is 2. The molecule has 0 atom stereocenters. The molecule has 4 heteroatoms. The first-order valence-corrected chi connectivity index (χ1v) is 6.95. The van der Waals surface area contributed by atoms with E-state index in [-0.39, 0.29) is 11.9 Å². The summed E-state index contributed by atoms with van der Waals surface area (Å²) in [4.78, 5) is 12.2. The van der Waals surface area contributed by atoms with Gasteiger partial charge in [-0.3, -0.25) is 4.79 Å². The Labute approximate surface area is 118 Å². The molecule has 0 radical (unpaired) electrons. The lowest BCUT2D eigenvalue weighted by molar-refractivity contribution is 0.0696. The molecule has 0 bridgehead atoms. The summed E-state index contributed by atoms with van der Waals surface area (Å²) in [5.41, 5.74) is 1.75. The third-order valence-electron chi connectivity index (χ3n) is 3.59. The molecule has 1 aromatic heterocycles. The number of nitrogens with zero attached hydrogens (tertiary/aromatic N) is 1. The fourth-order valence-corrected chi connectivity index (χ4v) is 2.40. The van der Waals surface area contributed by atoms with E-state index in [1.165, 1.54) is 0 Å². The van der Waals surface area contributed by atoms with Gasteiger partial charge in [0.25, 0.3) is 5.91 Å². The van der Waals surface area contributed by atoms with Crippen LogP contribution in [0.3, 0.4) is 0 Å². The number of carbonyl (C=O) groups excluding carboxylic acids is 1. The molecule has 1 saturated heterocycles. The Morgan fingerprint density at radius 1 is 1.10 bits per heavy atom. The van der Waals surface area contributed by atoms with Gasteiger partial charge in [0, 0.05) is 42.9 Å². The maximum atomic E-state index is 12.2. The van der Waals surface area contributed by atoms with E-state index >= 15 is 0 Å².